The van der Waals surface area contributed by atoms with Gasteiger partial charge in [-0.25, -0.2) is 4.39 Å². The number of rotatable bonds is 6. The second kappa shape index (κ2) is 7.98. The summed E-state index contributed by atoms with van der Waals surface area (Å²) in [6.45, 7) is 1.18. The predicted octanol–water partition coefficient (Wildman–Crippen LogP) is 2.41. The van der Waals surface area contributed by atoms with Gasteiger partial charge in [-0.2, -0.15) is 0 Å². The summed E-state index contributed by atoms with van der Waals surface area (Å²) in [5.41, 5.74) is 1.52. The van der Waals surface area contributed by atoms with Crippen molar-refractivity contribution >= 4 is 11.6 Å². The number of aliphatic hydroxyl groups is 1. The van der Waals surface area contributed by atoms with Crippen molar-refractivity contribution in [2.24, 2.45) is 0 Å². The maximum absolute atomic E-state index is 13.2. The first-order valence-corrected chi connectivity index (χ1v) is 8.26. The van der Waals surface area contributed by atoms with Gasteiger partial charge < -0.3 is 20.1 Å². The molecule has 25 heavy (non-hydrogen) atoms. The summed E-state index contributed by atoms with van der Waals surface area (Å²) < 4.78 is 18.7. The van der Waals surface area contributed by atoms with Crippen molar-refractivity contribution in [2.45, 2.75) is 19.1 Å². The molecule has 0 saturated carbocycles. The first kappa shape index (κ1) is 17.2. The van der Waals surface area contributed by atoms with E-state index in [4.69, 9.17) is 9.84 Å². The molecule has 1 aliphatic rings. The highest BCUT2D eigenvalue weighted by Gasteiger charge is 2.26. The van der Waals surface area contributed by atoms with Crippen LogP contribution >= 0.6 is 0 Å². The molecule has 1 atom stereocenters. The molecule has 5 nitrogen and oxygen atoms in total. The Morgan fingerprint density at radius 3 is 2.80 bits per heavy atom. The molecule has 2 N–H and O–H groups in total. The van der Waals surface area contributed by atoms with E-state index < -0.39 is 0 Å². The summed E-state index contributed by atoms with van der Waals surface area (Å²) in [5, 5.41) is 12.3. The predicted molar refractivity (Wildman–Crippen MR) is 92.9 cm³/mol. The zero-order valence-corrected chi connectivity index (χ0v) is 13.8. The van der Waals surface area contributed by atoms with Crippen LogP contribution in [0.3, 0.4) is 0 Å². The minimum Gasteiger partial charge on any atom is -0.484 e. The lowest BCUT2D eigenvalue weighted by Gasteiger charge is -2.18. The molecule has 1 unspecified atom stereocenters. The summed E-state index contributed by atoms with van der Waals surface area (Å²) in [5.74, 6) is 0.241. The molecule has 1 amide bonds. The van der Waals surface area contributed by atoms with Crippen LogP contribution in [0.2, 0.25) is 0 Å². The number of benzene rings is 2. The van der Waals surface area contributed by atoms with E-state index in [1.165, 1.54) is 12.1 Å². The van der Waals surface area contributed by atoms with Gasteiger partial charge >= 0.3 is 0 Å². The fourth-order valence-corrected chi connectivity index (χ4v) is 2.85. The Balaban J connectivity index is 1.47. The zero-order chi connectivity index (χ0) is 17.6. The van der Waals surface area contributed by atoms with Gasteiger partial charge in [0.25, 0.3) is 5.91 Å². The number of aliphatic hydroxyl groups excluding tert-OH is 1. The van der Waals surface area contributed by atoms with Gasteiger partial charge in [0.1, 0.15) is 11.6 Å². The maximum atomic E-state index is 13.2. The molecule has 1 fully saturated rings. The van der Waals surface area contributed by atoms with E-state index in [9.17, 15) is 9.18 Å². The topological polar surface area (TPSA) is 61.8 Å². The molecule has 1 saturated heterocycles. The molecule has 1 aliphatic heterocycles. The van der Waals surface area contributed by atoms with Crippen LogP contribution in [0.1, 0.15) is 12.0 Å². The fourth-order valence-electron chi connectivity index (χ4n) is 2.85. The molecular weight excluding hydrogens is 323 g/mol. The number of likely N-dealkylation sites (tertiary alicyclic amines) is 1. The third kappa shape index (κ3) is 4.70. The van der Waals surface area contributed by atoms with Crippen molar-refractivity contribution in [3.05, 3.63) is 59.9 Å². The number of hydrogen-bond acceptors (Lipinski definition) is 4. The second-order valence-corrected chi connectivity index (χ2v) is 6.07. The van der Waals surface area contributed by atoms with Gasteiger partial charge in [0.05, 0.1) is 6.61 Å². The average molecular weight is 344 g/mol. The van der Waals surface area contributed by atoms with Gasteiger partial charge in [-0.05, 0) is 42.3 Å². The van der Waals surface area contributed by atoms with Gasteiger partial charge in [-0.15, -0.1) is 0 Å². The van der Waals surface area contributed by atoms with Crippen molar-refractivity contribution in [1.82, 2.24) is 4.90 Å². The van der Waals surface area contributed by atoms with Crippen LogP contribution in [0.5, 0.6) is 5.75 Å². The number of halogens is 1. The first-order chi connectivity index (χ1) is 12.1. The number of nitrogens with one attached hydrogen (secondary N) is 1. The van der Waals surface area contributed by atoms with Crippen LogP contribution in [0.15, 0.2) is 48.5 Å². The van der Waals surface area contributed by atoms with E-state index in [0.29, 0.717) is 18.8 Å². The average Bonchev–Trinajstić information content (AvgIpc) is 3.08. The van der Waals surface area contributed by atoms with Gasteiger partial charge in [0, 0.05) is 24.8 Å². The van der Waals surface area contributed by atoms with Crippen molar-refractivity contribution in [2.75, 3.05) is 25.0 Å². The summed E-state index contributed by atoms with van der Waals surface area (Å²) in [6, 6.07) is 13.4. The molecule has 0 bridgehead atoms. The molecule has 0 aromatic heterocycles. The molecule has 0 spiro atoms. The van der Waals surface area contributed by atoms with Crippen molar-refractivity contribution in [3.8, 4) is 5.75 Å². The summed E-state index contributed by atoms with van der Waals surface area (Å²) in [7, 11) is 0. The lowest BCUT2D eigenvalue weighted by Crippen LogP contribution is -2.35. The summed E-state index contributed by atoms with van der Waals surface area (Å²) in [6.07, 6.45) is 0.813. The molecule has 1 heterocycles. The molecule has 132 valence electrons. The lowest BCUT2D eigenvalue weighted by atomic mass is 10.2. The van der Waals surface area contributed by atoms with E-state index in [2.05, 4.69) is 5.32 Å². The molecule has 2 aromatic carbocycles. The highest BCUT2D eigenvalue weighted by Crippen LogP contribution is 2.18. The Hall–Kier alpha value is -2.60. The second-order valence-electron chi connectivity index (χ2n) is 6.07. The Bertz CT molecular complexity index is 721. The van der Waals surface area contributed by atoms with Gasteiger partial charge in [0.2, 0.25) is 0 Å². The van der Waals surface area contributed by atoms with E-state index >= 15 is 0 Å². The number of carbonyl (C=O) groups excluding carboxylic acids is 1. The smallest absolute Gasteiger partial charge is 0.260 e. The van der Waals surface area contributed by atoms with Crippen molar-refractivity contribution < 1.29 is 19.0 Å². The standard InChI is InChI=1S/C19H21FN2O3/c20-15-2-1-3-16(10-15)21-17-8-9-22(11-17)19(24)13-25-18-6-4-14(12-23)5-7-18/h1-7,10,17,21,23H,8-9,11-13H2. The number of anilines is 1. The SMILES string of the molecule is O=C(COc1ccc(CO)cc1)N1CCC(Nc2cccc(F)c2)C1. The molecular formula is C19H21FN2O3. The number of hydrogen-bond donors (Lipinski definition) is 2. The van der Waals surface area contributed by atoms with Crippen LogP contribution in [0, 0.1) is 5.82 Å². The van der Waals surface area contributed by atoms with Gasteiger partial charge in [-0.1, -0.05) is 18.2 Å². The third-order valence-corrected chi connectivity index (χ3v) is 4.20. The first-order valence-electron chi connectivity index (χ1n) is 8.26. The highest BCUT2D eigenvalue weighted by molar-refractivity contribution is 5.78. The lowest BCUT2D eigenvalue weighted by molar-refractivity contribution is -0.132. The highest BCUT2D eigenvalue weighted by atomic mass is 19.1. The molecule has 0 radical (unpaired) electrons. The zero-order valence-electron chi connectivity index (χ0n) is 13.8. The quantitative estimate of drug-likeness (QED) is 0.845. The largest absolute Gasteiger partial charge is 0.484 e. The van der Waals surface area contributed by atoms with Crippen LogP contribution in [0.25, 0.3) is 0 Å². The molecule has 2 aromatic rings. The Morgan fingerprint density at radius 2 is 2.08 bits per heavy atom. The Labute approximate surface area is 146 Å². The maximum Gasteiger partial charge on any atom is 0.260 e. The molecule has 0 aliphatic carbocycles. The number of carbonyl (C=O) groups is 1. The Kier molecular flexibility index (Phi) is 5.50. The number of nitrogens with zero attached hydrogens (tertiary/aromatic N) is 1. The van der Waals surface area contributed by atoms with Crippen LogP contribution in [-0.2, 0) is 11.4 Å². The Morgan fingerprint density at radius 1 is 1.28 bits per heavy atom. The summed E-state index contributed by atoms with van der Waals surface area (Å²) in [4.78, 5) is 14.0. The van der Waals surface area contributed by atoms with Crippen LogP contribution in [-0.4, -0.2) is 41.7 Å². The minimum absolute atomic E-state index is 0.0211. The van der Waals surface area contributed by atoms with Crippen LogP contribution < -0.4 is 10.1 Å². The van der Waals surface area contributed by atoms with Crippen molar-refractivity contribution in [1.29, 1.82) is 0 Å². The van der Waals surface area contributed by atoms with Gasteiger partial charge in [0.15, 0.2) is 6.61 Å². The third-order valence-electron chi connectivity index (χ3n) is 4.20. The summed E-state index contributed by atoms with van der Waals surface area (Å²) >= 11 is 0. The number of ether oxygens (including phenoxy) is 1. The molecule has 3 rings (SSSR count). The number of amides is 1. The minimum atomic E-state index is -0.281. The van der Waals surface area contributed by atoms with E-state index in [0.717, 1.165) is 17.7 Å². The van der Waals surface area contributed by atoms with E-state index in [1.54, 1.807) is 35.2 Å². The normalized spacial score (nSPS) is 16.7. The van der Waals surface area contributed by atoms with Crippen molar-refractivity contribution in [3.63, 3.8) is 0 Å². The monoisotopic (exact) mass is 344 g/mol. The van der Waals surface area contributed by atoms with Crippen LogP contribution in [0.4, 0.5) is 10.1 Å². The fraction of sp³-hybridized carbons (Fsp3) is 0.316. The van der Waals surface area contributed by atoms with E-state index in [1.807, 2.05) is 6.07 Å². The van der Waals surface area contributed by atoms with Gasteiger partial charge in [-0.3, -0.25) is 4.79 Å². The van der Waals surface area contributed by atoms with E-state index in [-0.39, 0.29) is 31.0 Å². The molecule has 6 heteroatoms.